The summed E-state index contributed by atoms with van der Waals surface area (Å²) in [5.74, 6) is 0.661. The van der Waals surface area contributed by atoms with Crippen molar-refractivity contribution >= 4 is 29.3 Å². The number of likely N-dealkylation sites (N-methyl/N-ethyl adjacent to an activating group) is 1. The Morgan fingerprint density at radius 2 is 1.95 bits per heavy atom. The van der Waals surface area contributed by atoms with E-state index in [1.54, 1.807) is 55.8 Å². The van der Waals surface area contributed by atoms with Gasteiger partial charge in [0.05, 0.1) is 25.6 Å². The fraction of sp³-hybridized carbons (Fsp3) is 0.556. The molecule has 5 amide bonds. The molecule has 214 valence electrons. The first-order valence-electron chi connectivity index (χ1n) is 13.1. The second kappa shape index (κ2) is 12.8. The molecule has 12 nitrogen and oxygen atoms in total. The zero-order valence-electron chi connectivity index (χ0n) is 23.7. The minimum atomic E-state index is -0.487. The van der Waals surface area contributed by atoms with Crippen molar-refractivity contribution < 1.29 is 28.8 Å². The molecule has 1 aliphatic heterocycles. The second-order valence-corrected chi connectivity index (χ2v) is 10.5. The van der Waals surface area contributed by atoms with E-state index in [0.29, 0.717) is 40.7 Å². The summed E-state index contributed by atoms with van der Waals surface area (Å²) in [7, 11) is 1.70. The average molecular weight is 545 g/mol. The highest BCUT2D eigenvalue weighted by Gasteiger charge is 2.32. The topological polar surface area (TPSA) is 149 Å². The number of hydrogen-bond donors (Lipinski definition) is 4. The maximum absolute atomic E-state index is 13.4. The molecule has 12 heteroatoms. The number of aliphatic hydroxyl groups is 1. The van der Waals surface area contributed by atoms with Crippen LogP contribution in [0, 0.1) is 19.8 Å². The number of urea groups is 2. The lowest BCUT2D eigenvalue weighted by Gasteiger charge is -2.34. The average Bonchev–Trinajstić information content (AvgIpc) is 3.20. The van der Waals surface area contributed by atoms with Gasteiger partial charge in [0, 0.05) is 36.8 Å². The summed E-state index contributed by atoms with van der Waals surface area (Å²) in [4.78, 5) is 41.8. The molecule has 1 aliphatic rings. The van der Waals surface area contributed by atoms with Gasteiger partial charge < -0.3 is 40.1 Å². The van der Waals surface area contributed by atoms with Crippen LogP contribution in [0.15, 0.2) is 22.7 Å². The molecule has 0 fully saturated rings. The van der Waals surface area contributed by atoms with Crippen LogP contribution < -0.4 is 20.7 Å². The molecular formula is C27H40N6O6. The number of nitrogens with zero attached hydrogens (tertiary/aromatic N) is 3. The number of carbonyl (C=O) groups is 3. The molecule has 3 atom stereocenters. The van der Waals surface area contributed by atoms with Gasteiger partial charge in [-0.1, -0.05) is 12.1 Å². The monoisotopic (exact) mass is 544 g/mol. The molecule has 0 radical (unpaired) electrons. The van der Waals surface area contributed by atoms with Gasteiger partial charge in [-0.15, -0.1) is 0 Å². The third-order valence-corrected chi connectivity index (χ3v) is 6.66. The van der Waals surface area contributed by atoms with Crippen LogP contribution >= 0.6 is 0 Å². The van der Waals surface area contributed by atoms with Gasteiger partial charge in [-0.25, -0.2) is 9.59 Å². The zero-order chi connectivity index (χ0) is 28.9. The van der Waals surface area contributed by atoms with E-state index in [2.05, 4.69) is 21.1 Å². The number of carbonyl (C=O) groups excluding carboxylic acids is 3. The van der Waals surface area contributed by atoms with E-state index in [4.69, 9.17) is 9.26 Å². The van der Waals surface area contributed by atoms with E-state index in [0.717, 1.165) is 0 Å². The fourth-order valence-corrected chi connectivity index (χ4v) is 4.37. The second-order valence-electron chi connectivity index (χ2n) is 10.5. The van der Waals surface area contributed by atoms with Crippen LogP contribution in [0.3, 0.4) is 0 Å². The van der Waals surface area contributed by atoms with E-state index in [1.165, 1.54) is 0 Å². The number of nitrogens with one attached hydrogen (secondary N) is 3. The fourth-order valence-electron chi connectivity index (χ4n) is 4.37. The third-order valence-electron chi connectivity index (χ3n) is 6.66. The lowest BCUT2D eigenvalue weighted by molar-refractivity contribution is -0.134. The van der Waals surface area contributed by atoms with Gasteiger partial charge >= 0.3 is 12.1 Å². The number of hydrogen-bond acceptors (Lipinski definition) is 7. The van der Waals surface area contributed by atoms with Gasteiger partial charge in [-0.3, -0.25) is 4.79 Å². The molecule has 2 aromatic rings. The molecule has 1 aromatic carbocycles. The Morgan fingerprint density at radius 1 is 1.23 bits per heavy atom. The van der Waals surface area contributed by atoms with Crippen LogP contribution in [0.5, 0.6) is 5.75 Å². The van der Waals surface area contributed by atoms with Crippen molar-refractivity contribution in [3.05, 3.63) is 35.2 Å². The number of rotatable bonds is 7. The highest BCUT2D eigenvalue weighted by atomic mass is 16.5. The number of fused-ring (bicyclic) bond motifs is 1. The number of aryl methyl sites for hydroxylation is 2. The number of aliphatic hydroxyl groups excluding tert-OH is 1. The number of amides is 5. The highest BCUT2D eigenvalue weighted by Crippen LogP contribution is 2.29. The quantitative estimate of drug-likeness (QED) is 0.418. The van der Waals surface area contributed by atoms with Crippen LogP contribution in [0.2, 0.25) is 0 Å². The number of aromatic nitrogens is 1. The van der Waals surface area contributed by atoms with Crippen LogP contribution in [0.25, 0.3) is 0 Å². The summed E-state index contributed by atoms with van der Waals surface area (Å²) < 4.78 is 11.5. The summed E-state index contributed by atoms with van der Waals surface area (Å²) in [5, 5.41) is 22.0. The lowest BCUT2D eigenvalue weighted by Crippen LogP contribution is -2.49. The predicted octanol–water partition coefficient (Wildman–Crippen LogP) is 3.13. The van der Waals surface area contributed by atoms with Gasteiger partial charge in [0.15, 0.2) is 5.76 Å². The van der Waals surface area contributed by atoms with Crippen LogP contribution in [0.4, 0.5) is 21.0 Å². The Kier molecular flexibility index (Phi) is 9.79. The molecule has 0 unspecified atom stereocenters. The SMILES string of the molecule is Cc1noc(C)c1NC(=O)Nc1ccc2c(c1)CC(=O)N([C@@H](C)CO)C[C@@H](C)[C@@H](CN(C)C(=O)NC(C)C)O2. The first-order chi connectivity index (χ1) is 18.4. The van der Waals surface area contributed by atoms with Gasteiger partial charge in [-0.05, 0) is 52.8 Å². The van der Waals surface area contributed by atoms with Crippen LogP contribution in [0.1, 0.15) is 44.7 Å². The Balaban J connectivity index is 1.88. The molecule has 0 spiro atoms. The summed E-state index contributed by atoms with van der Waals surface area (Å²) in [6.07, 6.45) is -0.420. The molecule has 0 saturated carbocycles. The molecule has 3 rings (SSSR count). The van der Waals surface area contributed by atoms with Gasteiger partial charge in [-0.2, -0.15) is 0 Å². The van der Waals surface area contributed by atoms with E-state index in [1.807, 2.05) is 20.8 Å². The Labute approximate surface area is 229 Å². The van der Waals surface area contributed by atoms with Crippen molar-refractivity contribution in [2.75, 3.05) is 37.4 Å². The maximum atomic E-state index is 13.4. The Bertz CT molecular complexity index is 1160. The van der Waals surface area contributed by atoms with Gasteiger partial charge in [0.1, 0.15) is 23.2 Å². The van der Waals surface area contributed by atoms with Gasteiger partial charge in [0.25, 0.3) is 0 Å². The normalized spacial score (nSPS) is 18.3. The first-order valence-corrected chi connectivity index (χ1v) is 13.1. The largest absolute Gasteiger partial charge is 0.488 e. The zero-order valence-corrected chi connectivity index (χ0v) is 23.7. The minimum absolute atomic E-state index is 0.0150. The maximum Gasteiger partial charge on any atom is 0.323 e. The minimum Gasteiger partial charge on any atom is -0.488 e. The van der Waals surface area contributed by atoms with E-state index >= 15 is 0 Å². The summed E-state index contributed by atoms with van der Waals surface area (Å²) >= 11 is 0. The van der Waals surface area contributed by atoms with Crippen LogP contribution in [-0.4, -0.2) is 83.0 Å². The summed E-state index contributed by atoms with van der Waals surface area (Å²) in [6.45, 7) is 11.4. The van der Waals surface area contributed by atoms with Crippen molar-refractivity contribution in [1.29, 1.82) is 0 Å². The van der Waals surface area contributed by atoms with Crippen LogP contribution in [-0.2, 0) is 11.2 Å². The molecule has 4 N–H and O–H groups in total. The van der Waals surface area contributed by atoms with Crippen molar-refractivity contribution in [1.82, 2.24) is 20.3 Å². The summed E-state index contributed by atoms with van der Waals surface area (Å²) in [6, 6.07) is 3.99. The molecule has 0 saturated heterocycles. The van der Waals surface area contributed by atoms with Crippen molar-refractivity contribution in [3.8, 4) is 5.75 Å². The lowest BCUT2D eigenvalue weighted by atomic mass is 10.0. The first kappa shape index (κ1) is 29.8. The van der Waals surface area contributed by atoms with Crippen molar-refractivity contribution in [3.63, 3.8) is 0 Å². The third kappa shape index (κ3) is 7.62. The molecule has 2 heterocycles. The van der Waals surface area contributed by atoms with Crippen molar-refractivity contribution in [2.24, 2.45) is 5.92 Å². The smallest absolute Gasteiger partial charge is 0.323 e. The molecule has 0 bridgehead atoms. The standard InChI is InChI=1S/C27H40N6O6/c1-15(2)28-27(37)32(7)13-23-16(3)12-33(17(4)14-34)24(35)11-20-10-21(8-9-22(20)38-23)29-26(36)30-25-18(5)31-39-19(25)6/h8-10,15-17,23,34H,11-14H2,1-7H3,(H,28,37)(H2,29,30,36)/t16-,17+,23-/m1/s1. The summed E-state index contributed by atoms with van der Waals surface area (Å²) in [5.41, 5.74) is 2.10. The number of benzene rings is 1. The molecule has 1 aromatic heterocycles. The van der Waals surface area contributed by atoms with Crippen molar-refractivity contribution in [2.45, 2.75) is 66.2 Å². The van der Waals surface area contributed by atoms with E-state index < -0.39 is 18.2 Å². The Hall–Kier alpha value is -3.80. The number of anilines is 2. The van der Waals surface area contributed by atoms with E-state index in [9.17, 15) is 19.5 Å². The highest BCUT2D eigenvalue weighted by molar-refractivity contribution is 6.00. The van der Waals surface area contributed by atoms with Gasteiger partial charge in [0.2, 0.25) is 5.91 Å². The molecule has 39 heavy (non-hydrogen) atoms. The molecule has 0 aliphatic carbocycles. The Morgan fingerprint density at radius 3 is 2.56 bits per heavy atom. The van der Waals surface area contributed by atoms with E-state index in [-0.39, 0.29) is 43.5 Å². The molecular weight excluding hydrogens is 504 g/mol. The number of ether oxygens (including phenoxy) is 1. The predicted molar refractivity (Wildman–Crippen MR) is 147 cm³/mol.